The van der Waals surface area contributed by atoms with Crippen molar-refractivity contribution in [3.8, 4) is 0 Å². The van der Waals surface area contributed by atoms with Crippen molar-refractivity contribution in [2.45, 2.75) is 35.1 Å². The van der Waals surface area contributed by atoms with Gasteiger partial charge in [-0.1, -0.05) is 53.7 Å². The summed E-state index contributed by atoms with van der Waals surface area (Å²) in [7, 11) is 0. The Morgan fingerprint density at radius 1 is 1.03 bits per heavy atom. The molecule has 0 saturated carbocycles. The summed E-state index contributed by atoms with van der Waals surface area (Å²) in [6.07, 6.45) is 8.86. The number of imidazole rings is 1. The molecular formula is C25H25ClN6S. The fourth-order valence-corrected chi connectivity index (χ4v) is 6.55. The lowest BCUT2D eigenvalue weighted by Crippen LogP contribution is -2.45. The van der Waals surface area contributed by atoms with Crippen LogP contribution in [0.25, 0.3) is 5.65 Å². The summed E-state index contributed by atoms with van der Waals surface area (Å²) >= 11 is 7.95. The maximum Gasteiger partial charge on any atom is 0.211 e. The number of aromatic nitrogens is 3. The second-order valence-corrected chi connectivity index (χ2v) is 10.5. The van der Waals surface area contributed by atoms with Crippen molar-refractivity contribution in [3.05, 3.63) is 77.2 Å². The molecule has 3 heterocycles. The van der Waals surface area contributed by atoms with Crippen LogP contribution in [0.3, 0.4) is 0 Å². The van der Waals surface area contributed by atoms with Crippen molar-refractivity contribution < 1.29 is 0 Å². The number of hydrogen-bond acceptors (Lipinski definition) is 6. The summed E-state index contributed by atoms with van der Waals surface area (Å²) in [5.41, 5.74) is 17.1. The van der Waals surface area contributed by atoms with Crippen LogP contribution in [-0.2, 0) is 6.42 Å². The van der Waals surface area contributed by atoms with Gasteiger partial charge in [0.05, 0.1) is 15.6 Å². The predicted octanol–water partition coefficient (Wildman–Crippen LogP) is 4.96. The van der Waals surface area contributed by atoms with Crippen LogP contribution in [0.1, 0.15) is 30.0 Å². The van der Waals surface area contributed by atoms with Gasteiger partial charge < -0.3 is 16.4 Å². The van der Waals surface area contributed by atoms with Gasteiger partial charge in [0.15, 0.2) is 5.65 Å². The van der Waals surface area contributed by atoms with E-state index in [1.807, 2.05) is 30.7 Å². The van der Waals surface area contributed by atoms with E-state index in [2.05, 4.69) is 38.6 Å². The van der Waals surface area contributed by atoms with Gasteiger partial charge in [0.1, 0.15) is 0 Å². The number of hydrogen-bond donors (Lipinski definition) is 2. The smallest absolute Gasteiger partial charge is 0.211 e. The molecule has 4 N–H and O–H groups in total. The van der Waals surface area contributed by atoms with E-state index in [0.717, 1.165) is 53.7 Å². The Morgan fingerprint density at radius 3 is 2.67 bits per heavy atom. The largest absolute Gasteiger partial charge is 0.397 e. The molecule has 0 amide bonds. The van der Waals surface area contributed by atoms with E-state index in [1.54, 1.807) is 6.07 Å². The first-order valence-corrected chi connectivity index (χ1v) is 12.4. The van der Waals surface area contributed by atoms with Crippen molar-refractivity contribution in [2.24, 2.45) is 11.1 Å². The number of fused-ring (bicyclic) bond motifs is 2. The van der Waals surface area contributed by atoms with Gasteiger partial charge in [0.2, 0.25) is 5.95 Å². The Kier molecular flexibility index (Phi) is 5.01. The molecule has 2 aromatic carbocycles. The molecule has 1 spiro atoms. The molecule has 0 radical (unpaired) electrons. The minimum absolute atomic E-state index is 0.110. The Morgan fingerprint density at radius 2 is 1.85 bits per heavy atom. The van der Waals surface area contributed by atoms with Crippen LogP contribution in [0, 0.1) is 5.41 Å². The van der Waals surface area contributed by atoms with Crippen molar-refractivity contribution in [3.63, 3.8) is 0 Å². The van der Waals surface area contributed by atoms with Crippen LogP contribution in [-0.4, -0.2) is 27.5 Å². The fraction of sp³-hybridized carbons (Fsp3) is 0.280. The average molecular weight is 477 g/mol. The zero-order valence-corrected chi connectivity index (χ0v) is 19.7. The number of halogens is 1. The van der Waals surface area contributed by atoms with Gasteiger partial charge in [-0.05, 0) is 47.9 Å². The molecule has 1 saturated heterocycles. The SMILES string of the molecule is Nc1cccc(Sc2cnc(N3CCC4(CC3)Cc3ccccc3[C@H]4N)n3ccnc23)c1Cl. The molecule has 0 unspecified atom stereocenters. The van der Waals surface area contributed by atoms with Crippen molar-refractivity contribution in [1.29, 1.82) is 0 Å². The van der Waals surface area contributed by atoms with E-state index in [9.17, 15) is 0 Å². The number of anilines is 2. The molecule has 0 bridgehead atoms. The molecule has 6 rings (SSSR count). The minimum Gasteiger partial charge on any atom is -0.397 e. The summed E-state index contributed by atoms with van der Waals surface area (Å²) in [5, 5.41) is 0.562. The van der Waals surface area contributed by atoms with Gasteiger partial charge in [0.25, 0.3) is 0 Å². The van der Waals surface area contributed by atoms with Gasteiger partial charge in [-0.25, -0.2) is 9.97 Å². The molecule has 8 heteroatoms. The molecule has 1 aliphatic carbocycles. The highest BCUT2D eigenvalue weighted by molar-refractivity contribution is 7.99. The third-order valence-corrected chi connectivity index (χ3v) is 8.82. The first-order chi connectivity index (χ1) is 16.1. The number of piperidine rings is 1. The van der Waals surface area contributed by atoms with Gasteiger partial charge in [-0.3, -0.25) is 4.40 Å². The molecule has 33 heavy (non-hydrogen) atoms. The number of rotatable bonds is 3. The normalized spacial score (nSPS) is 19.3. The Balaban J connectivity index is 1.25. The van der Waals surface area contributed by atoms with Crippen molar-refractivity contribution in [2.75, 3.05) is 23.7 Å². The van der Waals surface area contributed by atoms with Crippen molar-refractivity contribution in [1.82, 2.24) is 14.4 Å². The second kappa shape index (κ2) is 7.94. The number of nitrogens with zero attached hydrogens (tertiary/aromatic N) is 4. The van der Waals surface area contributed by atoms with Crippen LogP contribution < -0.4 is 16.4 Å². The first-order valence-electron chi connectivity index (χ1n) is 11.2. The summed E-state index contributed by atoms with van der Waals surface area (Å²) in [6, 6.07) is 14.4. The van der Waals surface area contributed by atoms with Gasteiger partial charge in [-0.2, -0.15) is 0 Å². The van der Waals surface area contributed by atoms with E-state index in [-0.39, 0.29) is 11.5 Å². The van der Waals surface area contributed by atoms with Crippen LogP contribution in [0.4, 0.5) is 11.6 Å². The van der Waals surface area contributed by atoms with Crippen molar-refractivity contribution >= 4 is 40.6 Å². The van der Waals surface area contributed by atoms with Crippen LogP contribution in [0.5, 0.6) is 0 Å². The molecule has 168 valence electrons. The highest BCUT2D eigenvalue weighted by Crippen LogP contribution is 2.51. The molecular weight excluding hydrogens is 452 g/mol. The zero-order chi connectivity index (χ0) is 22.6. The molecule has 1 atom stereocenters. The first kappa shape index (κ1) is 20.8. The standard InChI is InChI=1S/C25H25ClN6S/c26-21-18(27)6-3-7-19(21)33-20-15-30-24(32-13-10-29-23(20)32)31-11-8-25(9-12-31)14-16-4-1-2-5-17(16)22(25)28/h1-7,10,13,15,22H,8-9,11-12,14,27-28H2/t22-/m1/s1. The summed E-state index contributed by atoms with van der Waals surface area (Å²) in [4.78, 5) is 13.7. The van der Waals surface area contributed by atoms with E-state index in [1.165, 1.54) is 22.9 Å². The van der Waals surface area contributed by atoms with E-state index in [0.29, 0.717) is 10.7 Å². The maximum absolute atomic E-state index is 6.76. The lowest BCUT2D eigenvalue weighted by molar-refractivity contribution is 0.186. The molecule has 2 aromatic heterocycles. The van der Waals surface area contributed by atoms with Gasteiger partial charge in [0, 0.05) is 42.6 Å². The fourth-order valence-electron chi connectivity index (χ4n) is 5.37. The highest BCUT2D eigenvalue weighted by atomic mass is 35.5. The lowest BCUT2D eigenvalue weighted by Gasteiger charge is -2.42. The third kappa shape index (κ3) is 3.38. The number of nitrogen functional groups attached to an aromatic ring is 1. The molecule has 6 nitrogen and oxygen atoms in total. The quantitative estimate of drug-likeness (QED) is 0.406. The maximum atomic E-state index is 6.76. The monoisotopic (exact) mass is 476 g/mol. The summed E-state index contributed by atoms with van der Waals surface area (Å²) in [5.74, 6) is 0.921. The average Bonchev–Trinajstić information content (AvgIpc) is 3.42. The van der Waals surface area contributed by atoms with E-state index < -0.39 is 0 Å². The zero-order valence-electron chi connectivity index (χ0n) is 18.1. The third-order valence-electron chi connectivity index (χ3n) is 7.22. The highest BCUT2D eigenvalue weighted by Gasteiger charge is 2.46. The number of nitrogens with two attached hydrogens (primary N) is 2. The predicted molar refractivity (Wildman–Crippen MR) is 134 cm³/mol. The number of benzene rings is 2. The second-order valence-electron chi connectivity index (χ2n) is 9.01. The summed E-state index contributed by atoms with van der Waals surface area (Å²) in [6.45, 7) is 1.85. The Labute approximate surface area is 202 Å². The van der Waals surface area contributed by atoms with Crippen LogP contribution in [0.2, 0.25) is 5.02 Å². The Hall–Kier alpha value is -2.74. The van der Waals surface area contributed by atoms with Gasteiger partial charge in [-0.15, -0.1) is 0 Å². The lowest BCUT2D eigenvalue weighted by atomic mass is 9.73. The molecule has 4 aromatic rings. The molecule has 1 aliphatic heterocycles. The topological polar surface area (TPSA) is 85.5 Å². The molecule has 1 fully saturated rings. The van der Waals surface area contributed by atoms with E-state index in [4.69, 9.17) is 28.1 Å². The van der Waals surface area contributed by atoms with Crippen LogP contribution in [0.15, 0.2) is 70.8 Å². The van der Waals surface area contributed by atoms with E-state index >= 15 is 0 Å². The Bertz CT molecular complexity index is 1340. The molecule has 2 aliphatic rings. The van der Waals surface area contributed by atoms with Gasteiger partial charge >= 0.3 is 0 Å². The minimum atomic E-state index is 0.110. The summed E-state index contributed by atoms with van der Waals surface area (Å²) < 4.78 is 2.07. The van der Waals surface area contributed by atoms with Crippen LogP contribution >= 0.6 is 23.4 Å².